The van der Waals surface area contributed by atoms with Crippen molar-refractivity contribution >= 4 is 43.8 Å². The van der Waals surface area contributed by atoms with Gasteiger partial charge in [0.25, 0.3) is 0 Å². The van der Waals surface area contributed by atoms with Crippen LogP contribution in [0.4, 0.5) is 0 Å². The standard InChI is InChI=1S/C18H30Br2O4/c19-13-7-3-1-5-9-15-23-17(21)11-12-18(22)24-16-10-6-2-4-8-14-20/h11-12H,1-10,13-16H2/b12-11+. The predicted molar refractivity (Wildman–Crippen MR) is 105 cm³/mol. The molecule has 0 aromatic rings. The highest BCUT2D eigenvalue weighted by atomic mass is 79.9. The van der Waals surface area contributed by atoms with Crippen molar-refractivity contribution in [1.82, 2.24) is 0 Å². The Hall–Kier alpha value is -0.360. The van der Waals surface area contributed by atoms with Gasteiger partial charge in [-0.1, -0.05) is 70.4 Å². The molecule has 0 bridgehead atoms. The molecule has 0 aliphatic rings. The molecule has 0 atom stereocenters. The van der Waals surface area contributed by atoms with E-state index < -0.39 is 11.9 Å². The fourth-order valence-electron chi connectivity index (χ4n) is 2.03. The van der Waals surface area contributed by atoms with Crippen molar-refractivity contribution < 1.29 is 19.1 Å². The third-order valence-electron chi connectivity index (χ3n) is 3.40. The summed E-state index contributed by atoms with van der Waals surface area (Å²) in [6.07, 6.45) is 13.2. The van der Waals surface area contributed by atoms with Gasteiger partial charge in [-0.2, -0.15) is 0 Å². The minimum atomic E-state index is -0.484. The lowest BCUT2D eigenvalue weighted by atomic mass is 10.2. The third kappa shape index (κ3) is 18.0. The summed E-state index contributed by atoms with van der Waals surface area (Å²) < 4.78 is 10.1. The Morgan fingerprint density at radius 3 is 1.29 bits per heavy atom. The van der Waals surface area contributed by atoms with Crippen LogP contribution >= 0.6 is 31.9 Å². The molecule has 140 valence electrons. The van der Waals surface area contributed by atoms with Crippen LogP contribution in [-0.2, 0) is 19.1 Å². The first-order chi connectivity index (χ1) is 11.7. The Bertz CT molecular complexity index is 314. The summed E-state index contributed by atoms with van der Waals surface area (Å²) in [5.74, 6) is -0.968. The molecule has 0 unspecified atom stereocenters. The normalized spacial score (nSPS) is 10.9. The van der Waals surface area contributed by atoms with Crippen LogP contribution in [0, 0.1) is 0 Å². The molecule has 0 aromatic heterocycles. The van der Waals surface area contributed by atoms with E-state index in [2.05, 4.69) is 31.9 Å². The Kier molecular flexibility index (Phi) is 18.7. The van der Waals surface area contributed by atoms with E-state index in [1.165, 1.54) is 25.7 Å². The average molecular weight is 470 g/mol. The molecule has 0 aliphatic heterocycles. The van der Waals surface area contributed by atoms with Crippen molar-refractivity contribution in [2.75, 3.05) is 23.9 Å². The zero-order valence-electron chi connectivity index (χ0n) is 14.4. The lowest BCUT2D eigenvalue weighted by Gasteiger charge is -2.03. The number of hydrogen-bond donors (Lipinski definition) is 0. The second-order valence-corrected chi connectivity index (χ2v) is 7.17. The maximum atomic E-state index is 11.4. The third-order valence-corrected chi connectivity index (χ3v) is 4.52. The second kappa shape index (κ2) is 19.0. The van der Waals surface area contributed by atoms with Crippen molar-refractivity contribution in [3.8, 4) is 0 Å². The SMILES string of the molecule is O=C(/C=C/C(=O)OCCCCCCCBr)OCCCCCCCBr. The van der Waals surface area contributed by atoms with Gasteiger partial charge in [-0.3, -0.25) is 0 Å². The highest BCUT2D eigenvalue weighted by molar-refractivity contribution is 9.09. The van der Waals surface area contributed by atoms with Gasteiger partial charge in [0.15, 0.2) is 0 Å². The van der Waals surface area contributed by atoms with Crippen LogP contribution in [-0.4, -0.2) is 35.8 Å². The molecule has 0 aromatic carbocycles. The van der Waals surface area contributed by atoms with Crippen LogP contribution in [0.15, 0.2) is 12.2 Å². The topological polar surface area (TPSA) is 52.6 Å². The van der Waals surface area contributed by atoms with E-state index in [0.717, 1.165) is 61.3 Å². The smallest absolute Gasteiger partial charge is 0.331 e. The Balaban J connectivity index is 3.48. The quantitative estimate of drug-likeness (QED) is 0.133. The first-order valence-corrected chi connectivity index (χ1v) is 11.1. The molecule has 0 N–H and O–H groups in total. The van der Waals surface area contributed by atoms with Gasteiger partial charge in [0.05, 0.1) is 13.2 Å². The molecule has 0 amide bonds. The molecule has 0 saturated heterocycles. The van der Waals surface area contributed by atoms with Gasteiger partial charge in [-0.25, -0.2) is 9.59 Å². The van der Waals surface area contributed by atoms with Crippen molar-refractivity contribution in [3.63, 3.8) is 0 Å². The maximum absolute atomic E-state index is 11.4. The Morgan fingerprint density at radius 2 is 0.917 bits per heavy atom. The van der Waals surface area contributed by atoms with Gasteiger partial charge in [-0.15, -0.1) is 0 Å². The predicted octanol–water partition coefficient (Wildman–Crippen LogP) is 5.32. The highest BCUT2D eigenvalue weighted by Crippen LogP contribution is 2.05. The first-order valence-electron chi connectivity index (χ1n) is 8.84. The number of alkyl halides is 2. The number of hydrogen-bond acceptors (Lipinski definition) is 4. The van der Waals surface area contributed by atoms with Gasteiger partial charge in [-0.05, 0) is 25.7 Å². The molecular formula is C18H30Br2O4. The van der Waals surface area contributed by atoms with E-state index >= 15 is 0 Å². The summed E-state index contributed by atoms with van der Waals surface area (Å²) in [5, 5.41) is 2.08. The zero-order chi connectivity index (χ0) is 17.9. The van der Waals surface area contributed by atoms with E-state index in [-0.39, 0.29) is 0 Å². The van der Waals surface area contributed by atoms with Crippen LogP contribution in [0.25, 0.3) is 0 Å². The number of unbranched alkanes of at least 4 members (excludes halogenated alkanes) is 8. The Labute approximate surface area is 163 Å². The zero-order valence-corrected chi connectivity index (χ0v) is 17.6. The molecular weight excluding hydrogens is 440 g/mol. The molecule has 0 heterocycles. The molecule has 0 spiro atoms. The summed E-state index contributed by atoms with van der Waals surface area (Å²) in [5.41, 5.74) is 0. The summed E-state index contributed by atoms with van der Waals surface area (Å²) >= 11 is 6.79. The molecule has 0 saturated carbocycles. The van der Waals surface area contributed by atoms with E-state index in [4.69, 9.17) is 9.47 Å². The summed E-state index contributed by atoms with van der Waals surface area (Å²) in [7, 11) is 0. The minimum absolute atomic E-state index is 0.404. The van der Waals surface area contributed by atoms with Crippen molar-refractivity contribution in [1.29, 1.82) is 0 Å². The highest BCUT2D eigenvalue weighted by Gasteiger charge is 2.01. The molecule has 6 heteroatoms. The molecule has 4 nitrogen and oxygen atoms in total. The van der Waals surface area contributed by atoms with Crippen LogP contribution in [0.5, 0.6) is 0 Å². The van der Waals surface area contributed by atoms with Crippen LogP contribution < -0.4 is 0 Å². The number of carbonyl (C=O) groups is 2. The fraction of sp³-hybridized carbons (Fsp3) is 0.778. The van der Waals surface area contributed by atoms with Gasteiger partial charge in [0, 0.05) is 22.8 Å². The van der Waals surface area contributed by atoms with E-state index in [0.29, 0.717) is 13.2 Å². The van der Waals surface area contributed by atoms with Crippen molar-refractivity contribution in [3.05, 3.63) is 12.2 Å². The number of halogens is 2. The van der Waals surface area contributed by atoms with E-state index in [1.54, 1.807) is 0 Å². The molecule has 24 heavy (non-hydrogen) atoms. The molecule has 0 radical (unpaired) electrons. The van der Waals surface area contributed by atoms with Crippen molar-refractivity contribution in [2.24, 2.45) is 0 Å². The van der Waals surface area contributed by atoms with Crippen LogP contribution in [0.3, 0.4) is 0 Å². The fourth-order valence-corrected chi connectivity index (χ4v) is 2.82. The largest absolute Gasteiger partial charge is 0.463 e. The number of rotatable bonds is 16. The lowest BCUT2D eigenvalue weighted by molar-refractivity contribution is -0.140. The van der Waals surface area contributed by atoms with E-state index in [1.807, 2.05) is 0 Å². The summed E-state index contributed by atoms with van der Waals surface area (Å²) in [6, 6.07) is 0. The minimum Gasteiger partial charge on any atom is -0.463 e. The van der Waals surface area contributed by atoms with Gasteiger partial charge < -0.3 is 9.47 Å². The van der Waals surface area contributed by atoms with Gasteiger partial charge >= 0.3 is 11.9 Å². The molecule has 0 fully saturated rings. The summed E-state index contributed by atoms with van der Waals surface area (Å²) in [6.45, 7) is 0.807. The average Bonchev–Trinajstić information content (AvgIpc) is 2.58. The first kappa shape index (κ1) is 23.6. The molecule has 0 aliphatic carbocycles. The number of carbonyl (C=O) groups excluding carboxylic acids is 2. The molecule has 0 rings (SSSR count). The van der Waals surface area contributed by atoms with Gasteiger partial charge in [0.2, 0.25) is 0 Å². The van der Waals surface area contributed by atoms with Crippen LogP contribution in [0.2, 0.25) is 0 Å². The number of ether oxygens (including phenoxy) is 2. The lowest BCUT2D eigenvalue weighted by Crippen LogP contribution is -2.06. The number of esters is 2. The summed E-state index contributed by atoms with van der Waals surface area (Å²) in [4.78, 5) is 22.9. The van der Waals surface area contributed by atoms with E-state index in [9.17, 15) is 9.59 Å². The maximum Gasteiger partial charge on any atom is 0.331 e. The monoisotopic (exact) mass is 468 g/mol. The Morgan fingerprint density at radius 1 is 0.583 bits per heavy atom. The second-order valence-electron chi connectivity index (χ2n) is 5.58. The van der Waals surface area contributed by atoms with Crippen molar-refractivity contribution in [2.45, 2.75) is 64.2 Å². The van der Waals surface area contributed by atoms with Crippen LogP contribution in [0.1, 0.15) is 64.2 Å². The van der Waals surface area contributed by atoms with Gasteiger partial charge in [0.1, 0.15) is 0 Å².